The van der Waals surface area contributed by atoms with Gasteiger partial charge in [0, 0.05) is 27.9 Å². The van der Waals surface area contributed by atoms with Crippen molar-refractivity contribution in [2.75, 3.05) is 4.90 Å². The first-order valence-electron chi connectivity index (χ1n) is 25.2. The third-order valence-corrected chi connectivity index (χ3v) is 15.8. The zero-order chi connectivity index (χ0) is 48.4. The maximum Gasteiger partial charge on any atom is 0.0462 e. The van der Waals surface area contributed by atoms with Crippen LogP contribution in [0, 0.1) is 0 Å². The van der Waals surface area contributed by atoms with Crippen LogP contribution in [0.3, 0.4) is 0 Å². The van der Waals surface area contributed by atoms with Gasteiger partial charge in [-0.3, -0.25) is 0 Å². The number of fused-ring (bicyclic) bond motifs is 6. The van der Waals surface area contributed by atoms with Gasteiger partial charge < -0.3 is 4.90 Å². The van der Waals surface area contributed by atoms with Gasteiger partial charge in [-0.2, -0.15) is 0 Å². The van der Waals surface area contributed by atoms with Crippen molar-refractivity contribution in [2.24, 2.45) is 0 Å². The molecule has 0 fully saturated rings. The van der Waals surface area contributed by atoms with Gasteiger partial charge in [-0.25, -0.2) is 0 Å². The summed E-state index contributed by atoms with van der Waals surface area (Å²) in [6, 6.07) is 98.5. The fourth-order valence-corrected chi connectivity index (χ4v) is 12.1. The highest BCUT2D eigenvalue weighted by molar-refractivity contribution is 5.94. The second-order valence-electron chi connectivity index (χ2n) is 20.2. The zero-order valence-corrected chi connectivity index (χ0v) is 40.9. The molecule has 0 aromatic heterocycles. The fourth-order valence-electron chi connectivity index (χ4n) is 12.1. The summed E-state index contributed by atoms with van der Waals surface area (Å²) in [5.41, 5.74) is 27.2. The Morgan fingerprint density at radius 2 is 0.625 bits per heavy atom. The van der Waals surface area contributed by atoms with E-state index >= 15 is 0 Å². The Kier molecular flexibility index (Phi) is 10.4. The Hall–Kier alpha value is -8.78. The summed E-state index contributed by atoms with van der Waals surface area (Å²) in [6.07, 6.45) is 0. The maximum atomic E-state index is 2.43. The number of benzene rings is 11. The number of nitrogens with zero attached hydrogens (tertiary/aromatic N) is 1. The van der Waals surface area contributed by atoms with Crippen LogP contribution in [0.25, 0.3) is 77.9 Å². The lowest BCUT2D eigenvalue weighted by Crippen LogP contribution is -2.22. The highest BCUT2D eigenvalue weighted by atomic mass is 15.1. The van der Waals surface area contributed by atoms with Crippen LogP contribution in [0.1, 0.15) is 48.6 Å². The molecule has 2 aliphatic carbocycles. The molecule has 342 valence electrons. The summed E-state index contributed by atoms with van der Waals surface area (Å²) in [4.78, 5) is 2.39. The Labute approximate surface area is 424 Å². The molecule has 1 unspecified atom stereocenters. The molecule has 0 heterocycles. The Bertz CT molecular complexity index is 3790. The smallest absolute Gasteiger partial charge is 0.0462 e. The van der Waals surface area contributed by atoms with Gasteiger partial charge in [0.1, 0.15) is 0 Å². The van der Waals surface area contributed by atoms with Crippen LogP contribution >= 0.6 is 0 Å². The third kappa shape index (κ3) is 7.07. The molecule has 0 radical (unpaired) electrons. The highest BCUT2D eigenvalue weighted by Crippen LogP contribution is 2.55. The van der Waals surface area contributed by atoms with Crippen LogP contribution in [0.4, 0.5) is 17.1 Å². The minimum absolute atomic E-state index is 0.119. The first-order valence-corrected chi connectivity index (χ1v) is 25.2. The number of hydrogen-bond acceptors (Lipinski definition) is 1. The van der Waals surface area contributed by atoms with Crippen LogP contribution in [0.2, 0.25) is 0 Å². The van der Waals surface area contributed by atoms with Crippen molar-refractivity contribution in [3.63, 3.8) is 0 Å². The molecule has 1 heteroatoms. The van der Waals surface area contributed by atoms with E-state index in [1.54, 1.807) is 0 Å². The van der Waals surface area contributed by atoms with E-state index in [4.69, 9.17) is 0 Å². The largest absolute Gasteiger partial charge is 0.311 e. The average Bonchev–Trinajstić information content (AvgIpc) is 3.85. The van der Waals surface area contributed by atoms with Crippen LogP contribution in [-0.2, 0) is 10.8 Å². The van der Waals surface area contributed by atoms with E-state index in [0.29, 0.717) is 0 Å². The first kappa shape index (κ1) is 43.3. The summed E-state index contributed by atoms with van der Waals surface area (Å²) in [6.45, 7) is 7.14. The molecule has 0 amide bonds. The van der Waals surface area contributed by atoms with Gasteiger partial charge in [-0.1, -0.05) is 238 Å². The first-order chi connectivity index (χ1) is 35.3. The molecule has 11 aromatic rings. The van der Waals surface area contributed by atoms with Gasteiger partial charge >= 0.3 is 0 Å². The lowest BCUT2D eigenvalue weighted by Gasteiger charge is -2.28. The van der Waals surface area contributed by atoms with Crippen molar-refractivity contribution in [2.45, 2.75) is 31.6 Å². The van der Waals surface area contributed by atoms with E-state index in [1.165, 1.54) is 106 Å². The number of rotatable bonds is 9. The molecule has 11 aromatic carbocycles. The molecular weight excluding hydrogens is 867 g/mol. The van der Waals surface area contributed by atoms with Crippen molar-refractivity contribution in [3.8, 4) is 77.9 Å². The van der Waals surface area contributed by atoms with Gasteiger partial charge in [-0.15, -0.1) is 0 Å². The SMILES string of the molecule is CC1(C)c2ccccc2-c2cccc(-c3ccccc3-c3ccc(N(c4ccc(-c5ccc(-c6ccccc6)cc5)cc4)c4ccc(-c5ccc6c(c5)C(C)(c5ccccc5)c5ccccc5-6)cc4)cc3)c21. The Morgan fingerprint density at radius 3 is 1.21 bits per heavy atom. The number of anilines is 3. The standard InChI is InChI=1S/C71H53N/c1-70(2)66-27-14-12-24-62(66)65-26-16-25-64(69(65)70)60-22-11-10-21-59(60)53-37-44-58(45-38-53)72(56-40-33-51(34-41-56)50-31-29-49(30-32-50)48-17-6-4-7-18-48)57-42-35-52(36-43-57)54-39-46-63-61-23-13-15-28-67(61)71(3,68(63)47-54)55-19-8-5-9-20-55/h4-47H,1-3H3. The van der Waals surface area contributed by atoms with E-state index in [1.807, 2.05) is 0 Å². The monoisotopic (exact) mass is 919 g/mol. The van der Waals surface area contributed by atoms with E-state index < -0.39 is 0 Å². The van der Waals surface area contributed by atoms with Crippen molar-refractivity contribution in [1.29, 1.82) is 0 Å². The summed E-state index contributed by atoms with van der Waals surface area (Å²) < 4.78 is 0. The second kappa shape index (κ2) is 17.3. The van der Waals surface area contributed by atoms with E-state index in [-0.39, 0.29) is 10.8 Å². The normalized spacial score (nSPS) is 14.8. The van der Waals surface area contributed by atoms with Crippen molar-refractivity contribution >= 4 is 17.1 Å². The summed E-state index contributed by atoms with van der Waals surface area (Å²) in [5.74, 6) is 0. The van der Waals surface area contributed by atoms with Crippen molar-refractivity contribution in [3.05, 3.63) is 295 Å². The fraction of sp³-hybridized carbons (Fsp3) is 0.0704. The Morgan fingerprint density at radius 1 is 0.250 bits per heavy atom. The predicted octanol–water partition coefficient (Wildman–Crippen LogP) is 19.1. The van der Waals surface area contributed by atoms with Crippen molar-refractivity contribution in [1.82, 2.24) is 0 Å². The summed E-state index contributed by atoms with van der Waals surface area (Å²) in [5, 5.41) is 0. The Balaban J connectivity index is 0.871. The van der Waals surface area contributed by atoms with Crippen LogP contribution in [-0.4, -0.2) is 0 Å². The summed E-state index contributed by atoms with van der Waals surface area (Å²) in [7, 11) is 0. The van der Waals surface area contributed by atoms with Crippen LogP contribution in [0.5, 0.6) is 0 Å². The van der Waals surface area contributed by atoms with Crippen molar-refractivity contribution < 1.29 is 0 Å². The average molecular weight is 920 g/mol. The van der Waals surface area contributed by atoms with Gasteiger partial charge in [0.2, 0.25) is 0 Å². The van der Waals surface area contributed by atoms with Gasteiger partial charge in [-0.05, 0) is 155 Å². The minimum atomic E-state index is -0.258. The minimum Gasteiger partial charge on any atom is -0.311 e. The lowest BCUT2D eigenvalue weighted by molar-refractivity contribution is 0.662. The topological polar surface area (TPSA) is 3.24 Å². The highest BCUT2D eigenvalue weighted by Gasteiger charge is 2.41. The molecule has 72 heavy (non-hydrogen) atoms. The van der Waals surface area contributed by atoms with Crippen LogP contribution in [0.15, 0.2) is 267 Å². The molecule has 13 rings (SSSR count). The maximum absolute atomic E-state index is 2.43. The molecule has 0 saturated carbocycles. The quantitative estimate of drug-likeness (QED) is 0.139. The molecular formula is C71H53N. The number of hydrogen-bond donors (Lipinski definition) is 0. The van der Waals surface area contributed by atoms with E-state index in [2.05, 4.69) is 293 Å². The van der Waals surface area contributed by atoms with E-state index in [0.717, 1.165) is 17.1 Å². The molecule has 1 atom stereocenters. The second-order valence-corrected chi connectivity index (χ2v) is 20.2. The molecule has 0 spiro atoms. The predicted molar refractivity (Wildman–Crippen MR) is 303 cm³/mol. The molecule has 0 bridgehead atoms. The zero-order valence-electron chi connectivity index (χ0n) is 40.9. The van der Waals surface area contributed by atoms with Crippen LogP contribution < -0.4 is 4.90 Å². The van der Waals surface area contributed by atoms with Gasteiger partial charge in [0.15, 0.2) is 0 Å². The molecule has 0 aliphatic heterocycles. The van der Waals surface area contributed by atoms with Gasteiger partial charge in [0.05, 0.1) is 0 Å². The molecule has 2 aliphatic rings. The summed E-state index contributed by atoms with van der Waals surface area (Å²) >= 11 is 0. The molecule has 1 nitrogen and oxygen atoms in total. The third-order valence-electron chi connectivity index (χ3n) is 15.8. The van der Waals surface area contributed by atoms with Gasteiger partial charge in [0.25, 0.3) is 0 Å². The molecule has 0 saturated heterocycles. The lowest BCUT2D eigenvalue weighted by atomic mass is 9.74. The molecule has 0 N–H and O–H groups in total. The van der Waals surface area contributed by atoms with E-state index in [9.17, 15) is 0 Å².